The number of nitrogens with one attached hydrogen (secondary N) is 2. The van der Waals surface area contributed by atoms with Crippen molar-refractivity contribution in [1.29, 1.82) is 0 Å². The van der Waals surface area contributed by atoms with Gasteiger partial charge in [-0.25, -0.2) is 0 Å². The number of para-hydroxylation sites is 1. The molecule has 3 aromatic rings. The molecule has 0 spiro atoms. The van der Waals surface area contributed by atoms with Crippen molar-refractivity contribution < 1.29 is 14.3 Å². The minimum atomic E-state index is -0.446. The number of hydrogen-bond donors (Lipinski definition) is 2. The Morgan fingerprint density at radius 3 is 2.22 bits per heavy atom. The summed E-state index contributed by atoms with van der Waals surface area (Å²) >= 11 is 0. The molecule has 0 bridgehead atoms. The summed E-state index contributed by atoms with van der Waals surface area (Å²) in [5.74, 6) is -0.227. The van der Waals surface area contributed by atoms with Crippen molar-refractivity contribution in [3.63, 3.8) is 0 Å². The van der Waals surface area contributed by atoms with Gasteiger partial charge in [-0.15, -0.1) is 0 Å². The zero-order valence-corrected chi connectivity index (χ0v) is 14.9. The maximum Gasteiger partial charge on any atom is 0.276 e. The Kier molecular flexibility index (Phi) is 5.84. The van der Waals surface area contributed by atoms with Crippen molar-refractivity contribution in [3.8, 4) is 16.9 Å². The number of benzene rings is 3. The second-order valence-corrected chi connectivity index (χ2v) is 6.02. The third-order valence-corrected chi connectivity index (χ3v) is 3.96. The first-order valence-electron chi connectivity index (χ1n) is 8.56. The molecule has 5 heteroatoms. The fourth-order valence-corrected chi connectivity index (χ4v) is 2.53. The lowest BCUT2D eigenvalue weighted by Gasteiger charge is -2.12. The molecule has 5 nitrogen and oxygen atoms in total. The van der Waals surface area contributed by atoms with E-state index in [1.54, 1.807) is 18.2 Å². The van der Waals surface area contributed by atoms with Crippen LogP contribution in [0, 0.1) is 6.92 Å². The van der Waals surface area contributed by atoms with Gasteiger partial charge in [0, 0.05) is 11.1 Å². The van der Waals surface area contributed by atoms with Gasteiger partial charge in [-0.3, -0.25) is 20.4 Å². The van der Waals surface area contributed by atoms with Gasteiger partial charge in [0.05, 0.1) is 0 Å². The first kappa shape index (κ1) is 18.2. The Morgan fingerprint density at radius 1 is 0.815 bits per heavy atom. The number of hydrogen-bond acceptors (Lipinski definition) is 3. The smallest absolute Gasteiger partial charge is 0.276 e. The van der Waals surface area contributed by atoms with E-state index in [-0.39, 0.29) is 12.5 Å². The molecular weight excluding hydrogens is 340 g/mol. The van der Waals surface area contributed by atoms with Crippen LogP contribution in [0.5, 0.6) is 5.75 Å². The largest absolute Gasteiger partial charge is 0.483 e. The first-order valence-corrected chi connectivity index (χ1v) is 8.56. The van der Waals surface area contributed by atoms with E-state index in [4.69, 9.17) is 4.74 Å². The zero-order chi connectivity index (χ0) is 19.1. The van der Waals surface area contributed by atoms with Gasteiger partial charge in [0.2, 0.25) is 0 Å². The molecule has 0 saturated heterocycles. The lowest BCUT2D eigenvalue weighted by Crippen LogP contribution is -2.43. The van der Waals surface area contributed by atoms with Crippen LogP contribution >= 0.6 is 0 Å². The van der Waals surface area contributed by atoms with E-state index in [0.29, 0.717) is 11.3 Å². The SMILES string of the molecule is Cc1ccc(C(=O)NNC(=O)COc2ccccc2-c2ccccc2)cc1. The summed E-state index contributed by atoms with van der Waals surface area (Å²) in [7, 11) is 0. The van der Waals surface area contributed by atoms with Gasteiger partial charge in [0.25, 0.3) is 11.8 Å². The van der Waals surface area contributed by atoms with Crippen LogP contribution in [0.1, 0.15) is 15.9 Å². The van der Waals surface area contributed by atoms with Crippen molar-refractivity contribution in [2.45, 2.75) is 6.92 Å². The number of ether oxygens (including phenoxy) is 1. The highest BCUT2D eigenvalue weighted by atomic mass is 16.5. The summed E-state index contributed by atoms with van der Waals surface area (Å²) < 4.78 is 5.64. The Hall–Kier alpha value is -3.60. The fraction of sp³-hybridized carbons (Fsp3) is 0.0909. The van der Waals surface area contributed by atoms with Crippen LogP contribution in [0.15, 0.2) is 78.9 Å². The van der Waals surface area contributed by atoms with E-state index in [1.165, 1.54) is 0 Å². The Morgan fingerprint density at radius 2 is 1.48 bits per heavy atom. The molecule has 0 atom stereocenters. The molecule has 0 saturated carbocycles. The maximum absolute atomic E-state index is 12.0. The van der Waals surface area contributed by atoms with E-state index in [1.807, 2.05) is 67.6 Å². The molecule has 136 valence electrons. The zero-order valence-electron chi connectivity index (χ0n) is 14.9. The summed E-state index contributed by atoms with van der Waals surface area (Å²) in [6.45, 7) is 1.73. The van der Waals surface area contributed by atoms with Crippen LogP contribution in [-0.2, 0) is 4.79 Å². The third kappa shape index (κ3) is 4.95. The Labute approximate surface area is 158 Å². The van der Waals surface area contributed by atoms with Gasteiger partial charge in [-0.05, 0) is 30.7 Å². The predicted octanol–water partition coefficient (Wildman–Crippen LogP) is 3.50. The van der Waals surface area contributed by atoms with Crippen LogP contribution in [0.4, 0.5) is 0 Å². The monoisotopic (exact) mass is 360 g/mol. The maximum atomic E-state index is 12.0. The lowest BCUT2D eigenvalue weighted by molar-refractivity contribution is -0.123. The standard InChI is InChI=1S/C22H20N2O3/c1-16-11-13-18(14-12-16)22(26)24-23-21(25)15-27-20-10-6-5-9-19(20)17-7-3-2-4-8-17/h2-14H,15H2,1H3,(H,23,25)(H,24,26). The summed E-state index contributed by atoms with van der Waals surface area (Å²) in [5.41, 5.74) is 8.17. The molecule has 0 aliphatic rings. The molecule has 0 heterocycles. The fourth-order valence-electron chi connectivity index (χ4n) is 2.53. The minimum Gasteiger partial charge on any atom is -0.483 e. The number of rotatable bonds is 5. The van der Waals surface area contributed by atoms with Crippen molar-refractivity contribution in [2.24, 2.45) is 0 Å². The molecule has 0 aliphatic carbocycles. The van der Waals surface area contributed by atoms with Gasteiger partial charge < -0.3 is 4.74 Å². The number of carbonyl (C=O) groups excluding carboxylic acids is 2. The van der Waals surface area contributed by atoms with Crippen molar-refractivity contribution in [1.82, 2.24) is 10.9 Å². The highest BCUT2D eigenvalue weighted by Gasteiger charge is 2.10. The molecule has 0 fully saturated rings. The average Bonchev–Trinajstić information content (AvgIpc) is 2.72. The van der Waals surface area contributed by atoms with Gasteiger partial charge in [0.1, 0.15) is 5.75 Å². The van der Waals surface area contributed by atoms with E-state index >= 15 is 0 Å². The highest BCUT2D eigenvalue weighted by molar-refractivity contribution is 5.95. The van der Waals surface area contributed by atoms with E-state index in [2.05, 4.69) is 10.9 Å². The van der Waals surface area contributed by atoms with Crippen molar-refractivity contribution in [3.05, 3.63) is 90.0 Å². The van der Waals surface area contributed by atoms with Gasteiger partial charge in [-0.2, -0.15) is 0 Å². The second kappa shape index (κ2) is 8.67. The number of hydrazine groups is 1. The Balaban J connectivity index is 1.55. The van der Waals surface area contributed by atoms with E-state index < -0.39 is 5.91 Å². The first-order chi connectivity index (χ1) is 13.1. The van der Waals surface area contributed by atoms with Crippen molar-refractivity contribution >= 4 is 11.8 Å². The van der Waals surface area contributed by atoms with Gasteiger partial charge >= 0.3 is 0 Å². The highest BCUT2D eigenvalue weighted by Crippen LogP contribution is 2.29. The normalized spacial score (nSPS) is 10.1. The number of aryl methyl sites for hydroxylation is 1. The summed E-state index contributed by atoms with van der Waals surface area (Å²) in [5, 5.41) is 0. The molecule has 0 radical (unpaired) electrons. The third-order valence-electron chi connectivity index (χ3n) is 3.96. The molecular formula is C22H20N2O3. The van der Waals surface area contributed by atoms with Crippen LogP contribution in [-0.4, -0.2) is 18.4 Å². The molecule has 2 N–H and O–H groups in total. The number of amides is 2. The summed E-state index contributed by atoms with van der Waals surface area (Å²) in [6, 6.07) is 24.3. The Bertz CT molecular complexity index is 922. The second-order valence-electron chi connectivity index (χ2n) is 6.02. The van der Waals surface area contributed by atoms with Crippen LogP contribution < -0.4 is 15.6 Å². The molecule has 27 heavy (non-hydrogen) atoms. The predicted molar refractivity (Wildman–Crippen MR) is 104 cm³/mol. The van der Waals surface area contributed by atoms with Gasteiger partial charge in [-0.1, -0.05) is 66.2 Å². The van der Waals surface area contributed by atoms with Crippen molar-refractivity contribution in [2.75, 3.05) is 6.61 Å². The molecule has 0 aliphatic heterocycles. The summed E-state index contributed by atoms with van der Waals surface area (Å²) in [6.07, 6.45) is 0. The minimum absolute atomic E-state index is 0.210. The topological polar surface area (TPSA) is 67.4 Å². The molecule has 3 rings (SSSR count). The van der Waals surface area contributed by atoms with E-state index in [9.17, 15) is 9.59 Å². The molecule has 3 aromatic carbocycles. The number of carbonyl (C=O) groups is 2. The van der Waals surface area contributed by atoms with Gasteiger partial charge in [0.15, 0.2) is 6.61 Å². The summed E-state index contributed by atoms with van der Waals surface area (Å²) in [4.78, 5) is 24.0. The van der Waals surface area contributed by atoms with Crippen LogP contribution in [0.2, 0.25) is 0 Å². The average molecular weight is 360 g/mol. The van der Waals surface area contributed by atoms with Crippen LogP contribution in [0.3, 0.4) is 0 Å². The molecule has 0 aromatic heterocycles. The quantitative estimate of drug-likeness (QED) is 0.684. The molecule has 2 amide bonds. The molecule has 0 unspecified atom stereocenters. The van der Waals surface area contributed by atoms with Crippen LogP contribution in [0.25, 0.3) is 11.1 Å². The van der Waals surface area contributed by atoms with E-state index in [0.717, 1.165) is 16.7 Å². The lowest BCUT2D eigenvalue weighted by atomic mass is 10.1.